The summed E-state index contributed by atoms with van der Waals surface area (Å²) in [7, 11) is 0. The van der Waals surface area contributed by atoms with Crippen molar-refractivity contribution in [3.05, 3.63) is 60.4 Å². The van der Waals surface area contributed by atoms with Gasteiger partial charge < -0.3 is 14.8 Å². The molecule has 0 bridgehead atoms. The molecule has 0 aliphatic heterocycles. The first-order valence-corrected chi connectivity index (χ1v) is 9.57. The molecule has 2 aromatic carbocycles. The Hall–Kier alpha value is -3.33. The normalized spacial score (nSPS) is 12.2. The highest BCUT2D eigenvalue weighted by atomic mass is 32.2. The molecule has 2 N–H and O–H groups in total. The molecule has 2 heterocycles. The van der Waals surface area contributed by atoms with Gasteiger partial charge in [0.05, 0.1) is 17.5 Å². The third-order valence-electron chi connectivity index (χ3n) is 4.12. The van der Waals surface area contributed by atoms with E-state index in [-0.39, 0.29) is 23.5 Å². The van der Waals surface area contributed by atoms with Crippen LogP contribution in [0.3, 0.4) is 0 Å². The number of aromatic hydroxyl groups is 1. The Bertz CT molecular complexity index is 1070. The molecular formula is C19H17N5O3S. The maximum Gasteiger partial charge on any atom is 0.231 e. The lowest BCUT2D eigenvalue weighted by molar-refractivity contribution is -0.119. The quantitative estimate of drug-likeness (QED) is 0.483. The zero-order valence-electron chi connectivity index (χ0n) is 14.9. The number of hydrogen-bond donors (Lipinski definition) is 2. The molecule has 0 unspecified atom stereocenters. The largest absolute Gasteiger partial charge is 0.508 e. The first-order chi connectivity index (χ1) is 13.6. The zero-order valence-corrected chi connectivity index (χ0v) is 15.8. The Kier molecular flexibility index (Phi) is 4.98. The van der Waals surface area contributed by atoms with Crippen molar-refractivity contribution in [3.8, 4) is 11.4 Å². The second-order valence-corrected chi connectivity index (χ2v) is 7.10. The summed E-state index contributed by atoms with van der Waals surface area (Å²) < 4.78 is 7.30. The van der Waals surface area contributed by atoms with Gasteiger partial charge in [0.1, 0.15) is 17.1 Å². The topological polar surface area (TPSA) is 106 Å². The number of fused-ring (bicyclic) bond motifs is 1. The van der Waals surface area contributed by atoms with Gasteiger partial charge in [-0.1, -0.05) is 30.0 Å². The molecule has 28 heavy (non-hydrogen) atoms. The molecule has 4 aromatic rings. The van der Waals surface area contributed by atoms with Crippen LogP contribution in [0, 0.1) is 0 Å². The highest BCUT2D eigenvalue weighted by Gasteiger charge is 2.16. The molecule has 8 nitrogen and oxygen atoms in total. The van der Waals surface area contributed by atoms with Crippen LogP contribution in [-0.2, 0) is 4.79 Å². The number of hydrogen-bond acceptors (Lipinski definition) is 7. The maximum atomic E-state index is 12.3. The van der Waals surface area contributed by atoms with Crippen LogP contribution in [-0.4, -0.2) is 37.0 Å². The number of amides is 1. The fourth-order valence-corrected chi connectivity index (χ4v) is 3.43. The summed E-state index contributed by atoms with van der Waals surface area (Å²) in [5.74, 6) is 0.861. The average Bonchev–Trinajstić information content (AvgIpc) is 3.34. The van der Waals surface area contributed by atoms with Crippen molar-refractivity contribution in [3.63, 3.8) is 0 Å². The van der Waals surface area contributed by atoms with Gasteiger partial charge in [0.2, 0.25) is 11.1 Å². The lowest BCUT2D eigenvalue weighted by Gasteiger charge is -2.11. The number of carbonyl (C=O) groups excluding carboxylic acids is 1. The third kappa shape index (κ3) is 3.84. The number of nitrogens with one attached hydrogen (secondary N) is 1. The van der Waals surface area contributed by atoms with Gasteiger partial charge in [-0.25, -0.2) is 0 Å². The SMILES string of the molecule is C[C@H](NC(=O)CSc1nnnn1-c1ccc(O)cc1)c1cc2ccccc2o1. The number of tetrazole rings is 1. The van der Waals surface area contributed by atoms with E-state index in [0.717, 1.165) is 11.0 Å². The Morgan fingerprint density at radius 3 is 2.82 bits per heavy atom. The number of thioether (sulfide) groups is 1. The van der Waals surface area contributed by atoms with Crippen LogP contribution >= 0.6 is 11.8 Å². The van der Waals surface area contributed by atoms with Crippen LogP contribution < -0.4 is 5.32 Å². The van der Waals surface area contributed by atoms with Crippen molar-refractivity contribution >= 4 is 28.6 Å². The van der Waals surface area contributed by atoms with E-state index in [1.807, 2.05) is 37.3 Å². The summed E-state index contributed by atoms with van der Waals surface area (Å²) in [5, 5.41) is 25.4. The van der Waals surface area contributed by atoms with E-state index in [1.54, 1.807) is 24.3 Å². The number of phenolic OH excluding ortho intramolecular Hbond substituents is 1. The molecule has 9 heteroatoms. The Morgan fingerprint density at radius 1 is 1.25 bits per heavy atom. The number of phenols is 1. The molecule has 4 rings (SSSR count). The molecule has 0 spiro atoms. The molecule has 1 atom stereocenters. The molecule has 0 fully saturated rings. The first-order valence-electron chi connectivity index (χ1n) is 8.58. The van der Waals surface area contributed by atoms with E-state index in [1.165, 1.54) is 16.4 Å². The number of aromatic nitrogens is 4. The van der Waals surface area contributed by atoms with E-state index in [4.69, 9.17) is 4.42 Å². The highest BCUT2D eigenvalue weighted by Crippen LogP contribution is 2.24. The van der Waals surface area contributed by atoms with Gasteiger partial charge in [0.15, 0.2) is 0 Å². The molecule has 0 aliphatic carbocycles. The van der Waals surface area contributed by atoms with Gasteiger partial charge in [0.25, 0.3) is 0 Å². The highest BCUT2D eigenvalue weighted by molar-refractivity contribution is 7.99. The van der Waals surface area contributed by atoms with Gasteiger partial charge in [-0.3, -0.25) is 4.79 Å². The van der Waals surface area contributed by atoms with Gasteiger partial charge in [-0.15, -0.1) is 5.10 Å². The van der Waals surface area contributed by atoms with Gasteiger partial charge >= 0.3 is 0 Å². The lowest BCUT2D eigenvalue weighted by Crippen LogP contribution is -2.28. The second kappa shape index (κ2) is 7.73. The minimum absolute atomic E-state index is 0.154. The molecule has 2 aromatic heterocycles. The summed E-state index contributed by atoms with van der Waals surface area (Å²) in [6.45, 7) is 1.88. The summed E-state index contributed by atoms with van der Waals surface area (Å²) >= 11 is 1.22. The summed E-state index contributed by atoms with van der Waals surface area (Å²) in [6.07, 6.45) is 0. The number of furan rings is 1. The summed E-state index contributed by atoms with van der Waals surface area (Å²) in [4.78, 5) is 12.3. The third-order valence-corrected chi connectivity index (χ3v) is 5.04. The molecule has 0 aliphatic rings. The van der Waals surface area contributed by atoms with Crippen LogP contribution in [0.1, 0.15) is 18.7 Å². The smallest absolute Gasteiger partial charge is 0.231 e. The van der Waals surface area contributed by atoms with Crippen LogP contribution in [0.5, 0.6) is 5.75 Å². The second-order valence-electron chi connectivity index (χ2n) is 6.15. The predicted molar refractivity (Wildman–Crippen MR) is 104 cm³/mol. The molecule has 0 radical (unpaired) electrons. The van der Waals surface area contributed by atoms with E-state index in [9.17, 15) is 9.90 Å². The monoisotopic (exact) mass is 395 g/mol. The first kappa shape index (κ1) is 18.1. The average molecular weight is 395 g/mol. The van der Waals surface area contributed by atoms with Gasteiger partial charge in [0, 0.05) is 5.39 Å². The van der Waals surface area contributed by atoms with Crippen molar-refractivity contribution < 1.29 is 14.3 Å². The van der Waals surface area contributed by atoms with Crippen molar-refractivity contribution in [1.29, 1.82) is 0 Å². The fraction of sp³-hybridized carbons (Fsp3) is 0.158. The molecule has 0 saturated heterocycles. The lowest BCUT2D eigenvalue weighted by atomic mass is 10.2. The maximum absolute atomic E-state index is 12.3. The number of nitrogens with zero attached hydrogens (tertiary/aromatic N) is 4. The standard InChI is InChI=1S/C19H17N5O3S/c1-12(17-10-13-4-2-3-5-16(13)27-17)20-18(26)11-28-19-21-22-23-24(19)14-6-8-15(25)9-7-14/h2-10,12,25H,11H2,1H3,(H,20,26)/t12-/m0/s1. The number of carbonyl (C=O) groups is 1. The number of benzene rings is 2. The Labute approximate surface area is 164 Å². The fourth-order valence-electron chi connectivity index (χ4n) is 2.72. The molecule has 0 saturated carbocycles. The van der Waals surface area contributed by atoms with E-state index < -0.39 is 0 Å². The van der Waals surface area contributed by atoms with Crippen molar-refractivity contribution in [2.45, 2.75) is 18.1 Å². The summed E-state index contributed by atoms with van der Waals surface area (Å²) in [6, 6.07) is 15.9. The van der Waals surface area contributed by atoms with Crippen LogP contribution in [0.15, 0.2) is 64.2 Å². The minimum atomic E-state index is -0.256. The van der Waals surface area contributed by atoms with Crippen LogP contribution in [0.25, 0.3) is 16.7 Å². The van der Waals surface area contributed by atoms with Crippen molar-refractivity contribution in [2.75, 3.05) is 5.75 Å². The Morgan fingerprint density at radius 2 is 2.04 bits per heavy atom. The van der Waals surface area contributed by atoms with Crippen LogP contribution in [0.2, 0.25) is 0 Å². The predicted octanol–water partition coefficient (Wildman–Crippen LogP) is 3.08. The molecule has 1 amide bonds. The minimum Gasteiger partial charge on any atom is -0.508 e. The van der Waals surface area contributed by atoms with E-state index in [0.29, 0.717) is 16.6 Å². The Balaban J connectivity index is 1.38. The molecular weight excluding hydrogens is 378 g/mol. The number of rotatable bonds is 6. The number of para-hydroxylation sites is 1. The van der Waals surface area contributed by atoms with E-state index in [2.05, 4.69) is 20.8 Å². The van der Waals surface area contributed by atoms with Crippen molar-refractivity contribution in [2.24, 2.45) is 0 Å². The van der Waals surface area contributed by atoms with Crippen molar-refractivity contribution in [1.82, 2.24) is 25.5 Å². The summed E-state index contributed by atoms with van der Waals surface area (Å²) in [5.41, 5.74) is 1.49. The van der Waals surface area contributed by atoms with Gasteiger partial charge in [-0.05, 0) is 53.7 Å². The van der Waals surface area contributed by atoms with Gasteiger partial charge in [-0.2, -0.15) is 4.68 Å². The zero-order chi connectivity index (χ0) is 19.5. The molecule has 142 valence electrons. The van der Waals surface area contributed by atoms with Crippen LogP contribution in [0.4, 0.5) is 0 Å². The van der Waals surface area contributed by atoms with E-state index >= 15 is 0 Å².